The molecule has 0 radical (unpaired) electrons. The maximum Gasteiger partial charge on any atom is 0.265 e. The quantitative estimate of drug-likeness (QED) is 0.854. The van der Waals surface area contributed by atoms with Crippen LogP contribution >= 0.6 is 11.6 Å². The predicted molar refractivity (Wildman–Crippen MR) is 98.0 cm³/mol. The van der Waals surface area contributed by atoms with Crippen LogP contribution < -0.4 is 10.1 Å². The number of carbonyl (C=O) groups is 1. The first kappa shape index (κ1) is 16.8. The number of fused-ring (bicyclic) bond motifs is 1. The summed E-state index contributed by atoms with van der Waals surface area (Å²) >= 11 is 5.99. The van der Waals surface area contributed by atoms with Crippen molar-refractivity contribution < 1.29 is 9.53 Å². The number of rotatable bonds is 4. The maximum absolute atomic E-state index is 12.4. The molecule has 1 aliphatic carbocycles. The van der Waals surface area contributed by atoms with E-state index in [4.69, 9.17) is 16.3 Å². The summed E-state index contributed by atoms with van der Waals surface area (Å²) in [4.78, 5) is 12.4. The highest BCUT2D eigenvalue weighted by Crippen LogP contribution is 2.26. The van der Waals surface area contributed by atoms with E-state index in [1.165, 1.54) is 24.0 Å². The lowest BCUT2D eigenvalue weighted by atomic mass is 9.92. The van der Waals surface area contributed by atoms with Gasteiger partial charge in [-0.15, -0.1) is 0 Å². The van der Waals surface area contributed by atoms with Crippen LogP contribution in [0.15, 0.2) is 36.4 Å². The Morgan fingerprint density at radius 1 is 1.12 bits per heavy atom. The molecule has 3 nitrogen and oxygen atoms in total. The average molecular weight is 344 g/mol. The smallest absolute Gasteiger partial charge is 0.265 e. The molecule has 0 unspecified atom stereocenters. The molecule has 3 rings (SSSR count). The molecule has 0 saturated heterocycles. The molecule has 1 N–H and O–H groups in total. The number of carbonyl (C=O) groups excluding carboxylic acids is 1. The molecule has 0 bridgehead atoms. The van der Waals surface area contributed by atoms with E-state index < -0.39 is 6.10 Å². The Morgan fingerprint density at radius 3 is 2.67 bits per heavy atom. The second-order valence-corrected chi connectivity index (χ2v) is 6.78. The zero-order valence-electron chi connectivity index (χ0n) is 14.1. The van der Waals surface area contributed by atoms with E-state index in [2.05, 4.69) is 17.4 Å². The van der Waals surface area contributed by atoms with Gasteiger partial charge in [-0.1, -0.05) is 23.7 Å². The van der Waals surface area contributed by atoms with Gasteiger partial charge in [0.05, 0.1) is 0 Å². The molecule has 0 aliphatic heterocycles. The zero-order chi connectivity index (χ0) is 17.1. The molecule has 1 atom stereocenters. The van der Waals surface area contributed by atoms with Crippen molar-refractivity contribution in [3.05, 3.63) is 58.1 Å². The zero-order valence-corrected chi connectivity index (χ0v) is 14.8. The third kappa shape index (κ3) is 3.90. The molecule has 4 heteroatoms. The summed E-state index contributed by atoms with van der Waals surface area (Å²) in [7, 11) is 0. The number of hydrogen-bond donors (Lipinski definition) is 1. The van der Waals surface area contributed by atoms with E-state index in [1.54, 1.807) is 19.1 Å². The molecule has 0 heterocycles. The summed E-state index contributed by atoms with van der Waals surface area (Å²) in [5.74, 6) is 0.569. The number of nitrogens with one attached hydrogen (secondary N) is 1. The molecular weight excluding hydrogens is 322 g/mol. The standard InChI is InChI=1S/C20H22ClNO2/c1-13-7-9-17(21)12-19(13)22-20(23)14(2)24-18-10-8-15-5-3-4-6-16(15)11-18/h7-12,14H,3-6H2,1-2H3,(H,22,23)/t14-/m0/s1. The number of ether oxygens (including phenoxy) is 1. The van der Waals surface area contributed by atoms with Crippen LogP contribution in [0.3, 0.4) is 0 Å². The van der Waals surface area contributed by atoms with E-state index in [-0.39, 0.29) is 5.91 Å². The largest absolute Gasteiger partial charge is 0.481 e. The van der Waals surface area contributed by atoms with Gasteiger partial charge in [0.1, 0.15) is 5.75 Å². The van der Waals surface area contributed by atoms with Gasteiger partial charge in [0.25, 0.3) is 5.91 Å². The minimum Gasteiger partial charge on any atom is -0.481 e. The number of anilines is 1. The second kappa shape index (κ2) is 7.27. The van der Waals surface area contributed by atoms with Crippen LogP contribution in [0.2, 0.25) is 5.02 Å². The number of amides is 1. The van der Waals surface area contributed by atoms with E-state index in [9.17, 15) is 4.79 Å². The van der Waals surface area contributed by atoms with Crippen molar-refractivity contribution in [2.75, 3.05) is 5.32 Å². The molecule has 0 saturated carbocycles. The van der Waals surface area contributed by atoms with Crippen LogP contribution in [0.25, 0.3) is 0 Å². The second-order valence-electron chi connectivity index (χ2n) is 6.35. The highest BCUT2D eigenvalue weighted by molar-refractivity contribution is 6.31. The first-order valence-corrected chi connectivity index (χ1v) is 8.76. The van der Waals surface area contributed by atoms with Crippen molar-refractivity contribution >= 4 is 23.2 Å². The molecular formula is C20H22ClNO2. The fourth-order valence-electron chi connectivity index (χ4n) is 3.00. The number of aryl methyl sites for hydroxylation is 3. The van der Waals surface area contributed by atoms with Crippen LogP contribution in [0.1, 0.15) is 36.5 Å². The summed E-state index contributed by atoms with van der Waals surface area (Å²) in [6, 6.07) is 11.6. The number of benzene rings is 2. The van der Waals surface area contributed by atoms with E-state index in [1.807, 2.05) is 19.1 Å². The minimum atomic E-state index is -0.579. The molecule has 0 fully saturated rings. The van der Waals surface area contributed by atoms with Crippen molar-refractivity contribution in [1.29, 1.82) is 0 Å². The van der Waals surface area contributed by atoms with Gasteiger partial charge < -0.3 is 10.1 Å². The van der Waals surface area contributed by atoms with Gasteiger partial charge >= 0.3 is 0 Å². The first-order chi connectivity index (χ1) is 11.5. The molecule has 2 aromatic rings. The Morgan fingerprint density at radius 2 is 1.88 bits per heavy atom. The maximum atomic E-state index is 12.4. The first-order valence-electron chi connectivity index (χ1n) is 8.38. The van der Waals surface area contributed by atoms with E-state index in [0.717, 1.165) is 24.2 Å². The minimum absolute atomic E-state index is 0.182. The van der Waals surface area contributed by atoms with Crippen molar-refractivity contribution in [3.8, 4) is 5.75 Å². The lowest BCUT2D eigenvalue weighted by Crippen LogP contribution is -2.30. The van der Waals surface area contributed by atoms with Crippen molar-refractivity contribution in [3.63, 3.8) is 0 Å². The van der Waals surface area contributed by atoms with E-state index in [0.29, 0.717) is 10.7 Å². The third-order valence-electron chi connectivity index (χ3n) is 4.46. The summed E-state index contributed by atoms with van der Waals surface area (Å²) in [5.41, 5.74) is 4.43. The van der Waals surface area contributed by atoms with Gasteiger partial charge in [0, 0.05) is 10.7 Å². The number of hydrogen-bond acceptors (Lipinski definition) is 2. The van der Waals surface area contributed by atoms with Crippen LogP contribution in [0, 0.1) is 6.92 Å². The number of halogens is 1. The SMILES string of the molecule is Cc1ccc(Cl)cc1NC(=O)[C@H](C)Oc1ccc2c(c1)CCCC2. The van der Waals surface area contributed by atoms with Crippen molar-refractivity contribution in [1.82, 2.24) is 0 Å². The molecule has 0 aromatic heterocycles. The fraction of sp³-hybridized carbons (Fsp3) is 0.350. The van der Waals surface area contributed by atoms with Crippen LogP contribution in [-0.2, 0) is 17.6 Å². The van der Waals surface area contributed by atoms with Gasteiger partial charge in [-0.05, 0) is 80.5 Å². The topological polar surface area (TPSA) is 38.3 Å². The van der Waals surface area contributed by atoms with Crippen molar-refractivity contribution in [2.24, 2.45) is 0 Å². The van der Waals surface area contributed by atoms with Gasteiger partial charge in [-0.2, -0.15) is 0 Å². The van der Waals surface area contributed by atoms with Crippen LogP contribution in [0.4, 0.5) is 5.69 Å². The van der Waals surface area contributed by atoms with Crippen LogP contribution in [0.5, 0.6) is 5.75 Å². The fourth-order valence-corrected chi connectivity index (χ4v) is 3.18. The highest BCUT2D eigenvalue weighted by Gasteiger charge is 2.17. The Kier molecular flexibility index (Phi) is 5.10. The molecule has 0 spiro atoms. The molecule has 2 aromatic carbocycles. The average Bonchev–Trinajstić information content (AvgIpc) is 2.58. The predicted octanol–water partition coefficient (Wildman–Crippen LogP) is 4.93. The Hall–Kier alpha value is -2.00. The van der Waals surface area contributed by atoms with Gasteiger partial charge in [-0.3, -0.25) is 4.79 Å². The molecule has 1 amide bonds. The van der Waals surface area contributed by atoms with Gasteiger partial charge in [-0.25, -0.2) is 0 Å². The molecule has 126 valence electrons. The van der Waals surface area contributed by atoms with Gasteiger partial charge in [0.2, 0.25) is 0 Å². The Labute approximate surface area is 148 Å². The Bertz CT molecular complexity index is 757. The lowest BCUT2D eigenvalue weighted by molar-refractivity contribution is -0.122. The molecule has 24 heavy (non-hydrogen) atoms. The summed E-state index contributed by atoms with van der Waals surface area (Å²) in [5, 5.41) is 3.48. The highest BCUT2D eigenvalue weighted by atomic mass is 35.5. The third-order valence-corrected chi connectivity index (χ3v) is 4.69. The summed E-state index contributed by atoms with van der Waals surface area (Å²) < 4.78 is 5.84. The summed E-state index contributed by atoms with van der Waals surface area (Å²) in [6.07, 6.45) is 4.13. The lowest BCUT2D eigenvalue weighted by Gasteiger charge is -2.19. The van der Waals surface area contributed by atoms with Crippen LogP contribution in [-0.4, -0.2) is 12.0 Å². The monoisotopic (exact) mass is 343 g/mol. The summed E-state index contributed by atoms with van der Waals surface area (Å²) in [6.45, 7) is 3.69. The van der Waals surface area contributed by atoms with E-state index >= 15 is 0 Å². The van der Waals surface area contributed by atoms with Crippen molar-refractivity contribution in [2.45, 2.75) is 45.6 Å². The Balaban J connectivity index is 1.67. The molecule has 1 aliphatic rings. The normalized spacial score (nSPS) is 14.6. The van der Waals surface area contributed by atoms with Gasteiger partial charge in [0.15, 0.2) is 6.10 Å².